The monoisotopic (exact) mass is 267 g/mol. The number of methoxy groups -OCH3 is 1. The minimum absolute atomic E-state index is 0.532. The van der Waals surface area contributed by atoms with E-state index in [1.807, 2.05) is 38.2 Å². The van der Waals surface area contributed by atoms with Gasteiger partial charge in [0.15, 0.2) is 0 Å². The number of hydrogen-bond acceptors (Lipinski definition) is 4. The number of aliphatic hydroxyl groups is 1. The van der Waals surface area contributed by atoms with Crippen molar-refractivity contribution in [3.05, 3.63) is 29.8 Å². The van der Waals surface area contributed by atoms with Gasteiger partial charge in [0.2, 0.25) is 0 Å². The highest BCUT2D eigenvalue weighted by Crippen LogP contribution is 2.25. The van der Waals surface area contributed by atoms with Gasteiger partial charge in [-0.15, -0.1) is 0 Å². The van der Waals surface area contributed by atoms with E-state index in [1.165, 1.54) is 0 Å². The molecule has 0 bridgehead atoms. The molecule has 0 aliphatic heterocycles. The maximum absolute atomic E-state index is 10.3. The van der Waals surface area contributed by atoms with E-state index in [0.29, 0.717) is 13.2 Å². The number of rotatable bonds is 9. The molecule has 0 heterocycles. The lowest BCUT2D eigenvalue weighted by Crippen LogP contribution is -2.26. The first-order valence-electron chi connectivity index (χ1n) is 6.76. The Morgan fingerprint density at radius 3 is 2.74 bits per heavy atom. The quantitative estimate of drug-likeness (QED) is 0.696. The number of benzene rings is 1. The van der Waals surface area contributed by atoms with Gasteiger partial charge in [-0.05, 0) is 26.5 Å². The average molecular weight is 267 g/mol. The van der Waals surface area contributed by atoms with Crippen LogP contribution in [0.5, 0.6) is 5.75 Å². The van der Waals surface area contributed by atoms with Crippen molar-refractivity contribution in [3.8, 4) is 5.75 Å². The zero-order valence-electron chi connectivity index (χ0n) is 12.1. The van der Waals surface area contributed by atoms with Crippen LogP contribution in [0.25, 0.3) is 0 Å². The molecule has 1 rings (SSSR count). The van der Waals surface area contributed by atoms with E-state index < -0.39 is 6.10 Å². The van der Waals surface area contributed by atoms with E-state index in [0.717, 1.165) is 30.9 Å². The second-order valence-electron chi connectivity index (χ2n) is 4.60. The molecule has 1 N–H and O–H groups in total. The third kappa shape index (κ3) is 5.59. The van der Waals surface area contributed by atoms with E-state index in [1.54, 1.807) is 7.11 Å². The highest BCUT2D eigenvalue weighted by molar-refractivity contribution is 5.35. The Kier molecular flexibility index (Phi) is 7.48. The Balaban J connectivity index is 2.54. The van der Waals surface area contributed by atoms with Gasteiger partial charge in [0, 0.05) is 32.4 Å². The van der Waals surface area contributed by atoms with Crippen molar-refractivity contribution in [1.82, 2.24) is 4.90 Å². The third-order valence-electron chi connectivity index (χ3n) is 2.95. The molecule has 0 saturated carbocycles. The maximum Gasteiger partial charge on any atom is 0.125 e. The molecule has 4 nitrogen and oxygen atoms in total. The molecule has 1 aromatic carbocycles. The molecule has 108 valence electrons. The molecule has 0 aromatic heterocycles. The van der Waals surface area contributed by atoms with E-state index in [-0.39, 0.29) is 0 Å². The number of hydrogen-bond donors (Lipinski definition) is 1. The first-order valence-corrected chi connectivity index (χ1v) is 6.76. The molecule has 0 saturated heterocycles. The van der Waals surface area contributed by atoms with Gasteiger partial charge in [0.25, 0.3) is 0 Å². The Labute approximate surface area is 115 Å². The summed E-state index contributed by atoms with van der Waals surface area (Å²) in [6.07, 6.45) is 0.433. The van der Waals surface area contributed by atoms with Gasteiger partial charge in [0.1, 0.15) is 5.75 Å². The number of ether oxygens (including phenoxy) is 2. The lowest BCUT2D eigenvalue weighted by molar-refractivity contribution is 0.114. The molecule has 0 aliphatic rings. The fourth-order valence-electron chi connectivity index (χ4n) is 2.01. The second kappa shape index (κ2) is 8.91. The van der Waals surface area contributed by atoms with Crippen molar-refractivity contribution in [2.45, 2.75) is 19.4 Å². The maximum atomic E-state index is 10.3. The summed E-state index contributed by atoms with van der Waals surface area (Å²) in [6, 6.07) is 7.65. The fourth-order valence-corrected chi connectivity index (χ4v) is 2.01. The van der Waals surface area contributed by atoms with Gasteiger partial charge in [-0.3, -0.25) is 0 Å². The molecule has 1 unspecified atom stereocenters. The first-order chi connectivity index (χ1) is 9.19. The lowest BCUT2D eigenvalue weighted by atomic mass is 10.1. The Morgan fingerprint density at radius 1 is 1.32 bits per heavy atom. The van der Waals surface area contributed by atoms with Crippen molar-refractivity contribution in [2.24, 2.45) is 0 Å². The molecule has 19 heavy (non-hydrogen) atoms. The molecule has 0 spiro atoms. The van der Waals surface area contributed by atoms with Gasteiger partial charge >= 0.3 is 0 Å². The number of aliphatic hydroxyl groups excluding tert-OH is 1. The van der Waals surface area contributed by atoms with Gasteiger partial charge in [-0.1, -0.05) is 18.2 Å². The van der Waals surface area contributed by atoms with Gasteiger partial charge in [-0.25, -0.2) is 0 Å². The standard InChI is InChI=1S/C15H25NO3/c1-4-19-15-9-6-5-8-13(15)14(17)12-16(2)10-7-11-18-3/h5-6,8-9,14,17H,4,7,10-12H2,1-3H3. The smallest absolute Gasteiger partial charge is 0.125 e. The largest absolute Gasteiger partial charge is 0.493 e. The molecule has 1 aromatic rings. The number of likely N-dealkylation sites (N-methyl/N-ethyl adjacent to an activating group) is 1. The summed E-state index contributed by atoms with van der Waals surface area (Å²) in [7, 11) is 3.70. The summed E-state index contributed by atoms with van der Waals surface area (Å²) in [5.74, 6) is 0.766. The van der Waals surface area contributed by atoms with Crippen LogP contribution in [0.2, 0.25) is 0 Å². The molecular weight excluding hydrogens is 242 g/mol. The summed E-state index contributed by atoms with van der Waals surface area (Å²) in [5, 5.41) is 10.3. The summed E-state index contributed by atoms with van der Waals surface area (Å²) >= 11 is 0. The van der Waals surface area contributed by atoms with Gasteiger partial charge in [-0.2, -0.15) is 0 Å². The molecule has 0 radical (unpaired) electrons. The molecule has 4 heteroatoms. The van der Waals surface area contributed by atoms with Crippen LogP contribution in [0.15, 0.2) is 24.3 Å². The summed E-state index contributed by atoms with van der Waals surface area (Å²) in [4.78, 5) is 2.10. The minimum Gasteiger partial charge on any atom is -0.493 e. The van der Waals surface area contributed by atoms with Crippen molar-refractivity contribution in [3.63, 3.8) is 0 Å². The van der Waals surface area contributed by atoms with Crippen LogP contribution < -0.4 is 4.74 Å². The minimum atomic E-state index is -0.532. The number of nitrogens with zero attached hydrogens (tertiary/aromatic N) is 1. The zero-order chi connectivity index (χ0) is 14.1. The third-order valence-corrected chi connectivity index (χ3v) is 2.95. The second-order valence-corrected chi connectivity index (χ2v) is 4.60. The van der Waals surface area contributed by atoms with Crippen molar-refractivity contribution < 1.29 is 14.6 Å². The van der Waals surface area contributed by atoms with Crippen LogP contribution in [0, 0.1) is 0 Å². The van der Waals surface area contributed by atoms with E-state index in [2.05, 4.69) is 4.90 Å². The van der Waals surface area contributed by atoms with Gasteiger partial charge in [0.05, 0.1) is 12.7 Å². The SMILES string of the molecule is CCOc1ccccc1C(O)CN(C)CCCOC. The van der Waals surface area contributed by atoms with Gasteiger partial charge < -0.3 is 19.5 Å². The van der Waals surface area contributed by atoms with Crippen LogP contribution >= 0.6 is 0 Å². The normalized spacial score (nSPS) is 12.7. The molecule has 0 fully saturated rings. The summed E-state index contributed by atoms with van der Waals surface area (Å²) < 4.78 is 10.6. The van der Waals surface area contributed by atoms with Crippen molar-refractivity contribution in [1.29, 1.82) is 0 Å². The van der Waals surface area contributed by atoms with E-state index in [4.69, 9.17) is 9.47 Å². The molecule has 1 atom stereocenters. The predicted octanol–water partition coefficient (Wildman–Crippen LogP) is 2.09. The highest BCUT2D eigenvalue weighted by Gasteiger charge is 2.14. The van der Waals surface area contributed by atoms with E-state index in [9.17, 15) is 5.11 Å². The molecular formula is C15H25NO3. The predicted molar refractivity (Wildman–Crippen MR) is 76.6 cm³/mol. The van der Waals surface area contributed by atoms with Crippen LogP contribution in [-0.2, 0) is 4.74 Å². The van der Waals surface area contributed by atoms with Crippen molar-refractivity contribution in [2.75, 3.05) is 40.5 Å². The summed E-state index contributed by atoms with van der Waals surface area (Å²) in [5.41, 5.74) is 0.850. The lowest BCUT2D eigenvalue weighted by Gasteiger charge is -2.22. The first kappa shape index (κ1) is 16.0. The van der Waals surface area contributed by atoms with Crippen LogP contribution in [0.1, 0.15) is 25.0 Å². The summed E-state index contributed by atoms with van der Waals surface area (Å²) in [6.45, 7) is 4.79. The molecule has 0 amide bonds. The number of para-hydroxylation sites is 1. The zero-order valence-corrected chi connectivity index (χ0v) is 12.1. The Hall–Kier alpha value is -1.10. The Morgan fingerprint density at radius 2 is 2.05 bits per heavy atom. The van der Waals surface area contributed by atoms with Crippen LogP contribution in [-0.4, -0.2) is 50.5 Å². The fraction of sp³-hybridized carbons (Fsp3) is 0.600. The highest BCUT2D eigenvalue weighted by atomic mass is 16.5. The van der Waals surface area contributed by atoms with Crippen molar-refractivity contribution >= 4 is 0 Å². The van der Waals surface area contributed by atoms with E-state index >= 15 is 0 Å². The average Bonchev–Trinajstić information content (AvgIpc) is 2.40. The Bertz CT molecular complexity index is 357. The van der Waals surface area contributed by atoms with Crippen LogP contribution in [0.4, 0.5) is 0 Å². The topological polar surface area (TPSA) is 41.9 Å². The molecule has 0 aliphatic carbocycles. The van der Waals surface area contributed by atoms with Crippen LogP contribution in [0.3, 0.4) is 0 Å².